The summed E-state index contributed by atoms with van der Waals surface area (Å²) in [4.78, 5) is 18.6. The standard InChI is InChI=1S/C28H23N11/c1-28(2,23-8-4-7-19(15-29)32-23)39-16-22(35-37-39)26-27(30)34-25(21-11-13-38(3)36-21)24(33-26)18-9-10-20-17(14-18)6-5-12-31-20/h4-14,16H,1-3H3,(H2,30,34). The van der Waals surface area contributed by atoms with Crippen LogP contribution in [-0.4, -0.2) is 44.7 Å². The third-order valence-corrected chi connectivity index (χ3v) is 6.55. The molecule has 39 heavy (non-hydrogen) atoms. The molecule has 0 bridgehead atoms. The minimum absolute atomic E-state index is 0.205. The molecule has 1 aromatic carbocycles. The van der Waals surface area contributed by atoms with Crippen molar-refractivity contribution in [1.29, 1.82) is 5.26 Å². The first-order chi connectivity index (χ1) is 18.8. The van der Waals surface area contributed by atoms with Crippen molar-refractivity contribution in [3.8, 4) is 40.1 Å². The summed E-state index contributed by atoms with van der Waals surface area (Å²) in [5.74, 6) is 0.205. The maximum Gasteiger partial charge on any atom is 0.152 e. The average molecular weight is 514 g/mol. The summed E-state index contributed by atoms with van der Waals surface area (Å²) in [7, 11) is 1.84. The Hall–Kier alpha value is -5.50. The molecule has 6 rings (SSSR count). The molecular weight excluding hydrogens is 490 g/mol. The first kappa shape index (κ1) is 23.9. The summed E-state index contributed by atoms with van der Waals surface area (Å²) in [6.45, 7) is 3.89. The zero-order chi connectivity index (χ0) is 27.1. The SMILES string of the molecule is Cn1ccc(-c2nc(N)c(-c3cn(C(C)(C)c4cccc(C#N)n4)nn3)nc2-c2ccc3ncccc3c2)n1. The minimum atomic E-state index is -0.692. The van der Waals surface area contributed by atoms with Crippen molar-refractivity contribution >= 4 is 16.7 Å². The highest BCUT2D eigenvalue weighted by molar-refractivity contribution is 5.88. The fraction of sp³-hybridized carbons (Fsp3) is 0.143. The van der Waals surface area contributed by atoms with Crippen LogP contribution in [-0.2, 0) is 12.6 Å². The van der Waals surface area contributed by atoms with Gasteiger partial charge in [-0.3, -0.25) is 9.67 Å². The first-order valence-corrected chi connectivity index (χ1v) is 12.2. The number of pyridine rings is 2. The maximum absolute atomic E-state index is 9.28. The number of nitrogens with zero attached hydrogens (tertiary/aromatic N) is 10. The molecule has 2 N–H and O–H groups in total. The van der Waals surface area contributed by atoms with Gasteiger partial charge < -0.3 is 5.73 Å². The quantitative estimate of drug-likeness (QED) is 0.361. The van der Waals surface area contributed by atoms with Crippen molar-refractivity contribution < 1.29 is 0 Å². The molecule has 0 saturated heterocycles. The van der Waals surface area contributed by atoms with Crippen LogP contribution in [0.2, 0.25) is 0 Å². The zero-order valence-corrected chi connectivity index (χ0v) is 21.5. The largest absolute Gasteiger partial charge is 0.382 e. The van der Waals surface area contributed by atoms with E-state index in [1.54, 1.807) is 33.9 Å². The second kappa shape index (κ2) is 9.11. The van der Waals surface area contributed by atoms with Gasteiger partial charge in [-0.1, -0.05) is 23.4 Å². The van der Waals surface area contributed by atoms with Gasteiger partial charge in [-0.05, 0) is 50.2 Å². The van der Waals surface area contributed by atoms with Crippen molar-refractivity contribution in [2.75, 3.05) is 5.73 Å². The Morgan fingerprint density at radius 3 is 2.59 bits per heavy atom. The number of aromatic nitrogens is 9. The van der Waals surface area contributed by atoms with Crippen LogP contribution in [0.4, 0.5) is 5.82 Å². The van der Waals surface area contributed by atoms with Crippen LogP contribution in [0.1, 0.15) is 25.2 Å². The van der Waals surface area contributed by atoms with Crippen LogP contribution in [0.25, 0.3) is 44.9 Å². The predicted molar refractivity (Wildman–Crippen MR) is 146 cm³/mol. The number of anilines is 1. The van der Waals surface area contributed by atoms with Gasteiger partial charge in [0.25, 0.3) is 0 Å². The lowest BCUT2D eigenvalue weighted by Crippen LogP contribution is -2.29. The molecule has 0 aliphatic rings. The number of aryl methyl sites for hydroxylation is 1. The maximum atomic E-state index is 9.28. The lowest BCUT2D eigenvalue weighted by atomic mass is 10.00. The number of nitrogen functional groups attached to an aromatic ring is 1. The van der Waals surface area contributed by atoms with E-state index in [-0.39, 0.29) is 5.82 Å². The molecule has 6 aromatic rings. The Morgan fingerprint density at radius 1 is 0.923 bits per heavy atom. The molecule has 0 radical (unpaired) electrons. The van der Waals surface area contributed by atoms with E-state index in [0.29, 0.717) is 39.9 Å². The molecule has 0 amide bonds. The Labute approximate surface area is 223 Å². The normalized spacial score (nSPS) is 11.5. The summed E-state index contributed by atoms with van der Waals surface area (Å²) in [5, 5.41) is 23.5. The third kappa shape index (κ3) is 4.23. The van der Waals surface area contributed by atoms with Crippen LogP contribution in [0.15, 0.2) is 73.2 Å². The van der Waals surface area contributed by atoms with E-state index in [2.05, 4.69) is 31.4 Å². The van der Waals surface area contributed by atoms with E-state index in [1.807, 2.05) is 69.6 Å². The number of hydrogen-bond donors (Lipinski definition) is 1. The predicted octanol–water partition coefficient (Wildman–Crippen LogP) is 3.98. The van der Waals surface area contributed by atoms with Crippen molar-refractivity contribution in [1.82, 2.24) is 44.7 Å². The molecule has 5 heterocycles. The van der Waals surface area contributed by atoms with Crippen molar-refractivity contribution in [3.63, 3.8) is 0 Å². The van der Waals surface area contributed by atoms with Crippen LogP contribution >= 0.6 is 0 Å². The minimum Gasteiger partial charge on any atom is -0.382 e. The number of nitrogens with two attached hydrogens (primary N) is 1. The van der Waals surface area contributed by atoms with Crippen LogP contribution in [0, 0.1) is 11.3 Å². The molecule has 0 aliphatic heterocycles. The lowest BCUT2D eigenvalue weighted by Gasteiger charge is -2.24. The molecular formula is C28H23N11. The summed E-state index contributed by atoms with van der Waals surface area (Å²) >= 11 is 0. The number of hydrogen-bond acceptors (Lipinski definition) is 9. The van der Waals surface area contributed by atoms with Crippen molar-refractivity contribution in [2.45, 2.75) is 19.4 Å². The average Bonchev–Trinajstić information content (AvgIpc) is 3.63. The molecule has 0 spiro atoms. The van der Waals surface area contributed by atoms with Gasteiger partial charge in [-0.15, -0.1) is 5.10 Å². The zero-order valence-electron chi connectivity index (χ0n) is 21.5. The van der Waals surface area contributed by atoms with Gasteiger partial charge in [0.15, 0.2) is 5.82 Å². The topological polar surface area (TPSA) is 150 Å². The molecule has 5 aromatic heterocycles. The molecule has 0 unspecified atom stereocenters. The van der Waals surface area contributed by atoms with Gasteiger partial charge in [0.2, 0.25) is 0 Å². The molecule has 0 aliphatic carbocycles. The highest BCUT2D eigenvalue weighted by Crippen LogP contribution is 2.34. The molecule has 11 nitrogen and oxygen atoms in total. The van der Waals surface area contributed by atoms with E-state index in [9.17, 15) is 5.26 Å². The number of rotatable bonds is 5. The van der Waals surface area contributed by atoms with E-state index in [1.165, 1.54) is 0 Å². The Bertz CT molecular complexity index is 1890. The fourth-order valence-corrected chi connectivity index (χ4v) is 4.38. The van der Waals surface area contributed by atoms with E-state index in [4.69, 9.17) is 15.7 Å². The second-order valence-corrected chi connectivity index (χ2v) is 9.57. The Morgan fingerprint density at radius 2 is 1.79 bits per heavy atom. The van der Waals surface area contributed by atoms with E-state index >= 15 is 0 Å². The number of nitriles is 1. The number of benzene rings is 1. The van der Waals surface area contributed by atoms with Crippen LogP contribution in [0.3, 0.4) is 0 Å². The Balaban J connectivity index is 1.49. The molecule has 0 atom stereocenters. The molecule has 190 valence electrons. The van der Waals surface area contributed by atoms with E-state index < -0.39 is 5.54 Å². The summed E-state index contributed by atoms with van der Waals surface area (Å²) in [5.41, 5.74) is 11.2. The third-order valence-electron chi connectivity index (χ3n) is 6.55. The lowest BCUT2D eigenvalue weighted by molar-refractivity contribution is 0.370. The van der Waals surface area contributed by atoms with Gasteiger partial charge in [-0.2, -0.15) is 10.4 Å². The van der Waals surface area contributed by atoms with Gasteiger partial charge >= 0.3 is 0 Å². The summed E-state index contributed by atoms with van der Waals surface area (Å²) in [6, 6.07) is 19.1. The van der Waals surface area contributed by atoms with E-state index in [0.717, 1.165) is 16.5 Å². The van der Waals surface area contributed by atoms with Crippen molar-refractivity contribution in [3.05, 3.63) is 84.6 Å². The summed E-state index contributed by atoms with van der Waals surface area (Å²) in [6.07, 6.45) is 5.37. The number of fused-ring (bicyclic) bond motifs is 1. The van der Waals surface area contributed by atoms with Gasteiger partial charge in [-0.25, -0.2) is 19.6 Å². The summed E-state index contributed by atoms with van der Waals surface area (Å²) < 4.78 is 3.39. The molecule has 0 fully saturated rings. The highest BCUT2D eigenvalue weighted by atomic mass is 15.5. The second-order valence-electron chi connectivity index (χ2n) is 9.57. The monoisotopic (exact) mass is 513 g/mol. The highest BCUT2D eigenvalue weighted by Gasteiger charge is 2.28. The molecule has 11 heteroatoms. The van der Waals surface area contributed by atoms with Gasteiger partial charge in [0.05, 0.1) is 23.1 Å². The van der Waals surface area contributed by atoms with Crippen LogP contribution in [0.5, 0.6) is 0 Å². The Kier molecular flexibility index (Phi) is 5.58. The van der Waals surface area contributed by atoms with Crippen LogP contribution < -0.4 is 5.73 Å². The van der Waals surface area contributed by atoms with Crippen molar-refractivity contribution in [2.24, 2.45) is 7.05 Å². The molecule has 0 saturated carbocycles. The smallest absolute Gasteiger partial charge is 0.152 e. The fourth-order valence-electron chi connectivity index (χ4n) is 4.38. The van der Waals surface area contributed by atoms with Gasteiger partial charge in [0, 0.05) is 30.4 Å². The van der Waals surface area contributed by atoms with Gasteiger partial charge in [0.1, 0.15) is 40.1 Å². The first-order valence-electron chi connectivity index (χ1n) is 12.2.